The number of hydrogen-bond donors (Lipinski definition) is 1. The van der Waals surface area contributed by atoms with E-state index in [2.05, 4.69) is 10.4 Å². The fourth-order valence-electron chi connectivity index (χ4n) is 2.36. The highest BCUT2D eigenvalue weighted by molar-refractivity contribution is 6.32. The van der Waals surface area contributed by atoms with Gasteiger partial charge in [0.1, 0.15) is 10.8 Å². The molecule has 0 radical (unpaired) electrons. The normalized spacial score (nSPS) is 10.5. The lowest BCUT2D eigenvalue weighted by atomic mass is 10.2. The van der Waals surface area contributed by atoms with E-state index in [4.69, 9.17) is 23.2 Å². The number of nitro groups is 1. The Morgan fingerprint density at radius 1 is 1.19 bits per heavy atom. The van der Waals surface area contributed by atoms with Crippen LogP contribution in [-0.4, -0.2) is 20.6 Å². The number of carbonyl (C=O) groups is 1. The van der Waals surface area contributed by atoms with Crippen LogP contribution in [-0.2, 0) is 6.54 Å². The standard InChI is InChI=1S/C17H12Cl2N4O3/c18-13-3-1-2-11(8-13)10-22-16(6-7-20-22)21-17(24)12-4-5-14(19)15(9-12)23(25)26/h1-9H,10H2,(H,21,24). The number of nitro benzene ring substituents is 1. The van der Waals surface area contributed by atoms with Gasteiger partial charge in [0, 0.05) is 22.7 Å². The van der Waals surface area contributed by atoms with Crippen molar-refractivity contribution in [1.82, 2.24) is 9.78 Å². The Hall–Kier alpha value is -2.90. The van der Waals surface area contributed by atoms with Gasteiger partial charge < -0.3 is 5.32 Å². The Bertz CT molecular complexity index is 988. The molecule has 9 heteroatoms. The second-order valence-corrected chi connectivity index (χ2v) is 6.23. The van der Waals surface area contributed by atoms with Crippen LogP contribution in [0.15, 0.2) is 54.7 Å². The minimum absolute atomic E-state index is 0.0300. The van der Waals surface area contributed by atoms with Crippen molar-refractivity contribution in [2.24, 2.45) is 0 Å². The van der Waals surface area contributed by atoms with Crippen LogP contribution >= 0.6 is 23.2 Å². The fraction of sp³-hybridized carbons (Fsp3) is 0.0588. The van der Waals surface area contributed by atoms with Gasteiger partial charge in [-0.25, -0.2) is 4.68 Å². The molecule has 132 valence electrons. The van der Waals surface area contributed by atoms with E-state index >= 15 is 0 Å². The molecule has 3 aromatic rings. The fourth-order valence-corrected chi connectivity index (χ4v) is 2.75. The number of carbonyl (C=O) groups excluding carboxylic acids is 1. The van der Waals surface area contributed by atoms with Gasteiger partial charge in [-0.2, -0.15) is 5.10 Å². The minimum atomic E-state index is -0.636. The Kier molecular flexibility index (Phi) is 5.20. The number of nitrogens with zero attached hydrogens (tertiary/aromatic N) is 3. The second kappa shape index (κ2) is 7.55. The SMILES string of the molecule is O=C(Nc1ccnn1Cc1cccc(Cl)c1)c1ccc(Cl)c([N+](=O)[O-])c1. The van der Waals surface area contributed by atoms with Gasteiger partial charge in [-0.05, 0) is 29.8 Å². The third-order valence-corrected chi connectivity index (χ3v) is 4.14. The van der Waals surface area contributed by atoms with Gasteiger partial charge in [0.25, 0.3) is 11.6 Å². The first kappa shape index (κ1) is 17.9. The molecule has 3 rings (SSSR count). The third kappa shape index (κ3) is 4.01. The summed E-state index contributed by atoms with van der Waals surface area (Å²) in [6.45, 7) is 0.407. The van der Waals surface area contributed by atoms with Crippen molar-refractivity contribution in [1.29, 1.82) is 0 Å². The molecule has 0 aliphatic carbocycles. The van der Waals surface area contributed by atoms with E-state index in [1.165, 1.54) is 12.1 Å². The van der Waals surface area contributed by atoms with E-state index in [0.717, 1.165) is 11.6 Å². The van der Waals surface area contributed by atoms with Crippen molar-refractivity contribution in [2.45, 2.75) is 6.54 Å². The van der Waals surface area contributed by atoms with E-state index < -0.39 is 10.8 Å². The first-order chi connectivity index (χ1) is 12.4. The van der Waals surface area contributed by atoms with Gasteiger partial charge >= 0.3 is 0 Å². The number of hydrogen-bond acceptors (Lipinski definition) is 4. The van der Waals surface area contributed by atoms with Gasteiger partial charge in [-0.15, -0.1) is 0 Å². The van der Waals surface area contributed by atoms with Crippen LogP contribution < -0.4 is 5.32 Å². The minimum Gasteiger partial charge on any atom is -0.307 e. The van der Waals surface area contributed by atoms with Crippen LogP contribution in [0, 0.1) is 10.1 Å². The van der Waals surface area contributed by atoms with Crippen molar-refractivity contribution in [2.75, 3.05) is 5.32 Å². The largest absolute Gasteiger partial charge is 0.307 e. The monoisotopic (exact) mass is 390 g/mol. The molecule has 1 heterocycles. The van der Waals surface area contributed by atoms with Gasteiger partial charge in [0.15, 0.2) is 0 Å². The summed E-state index contributed by atoms with van der Waals surface area (Å²) in [5.74, 6) is -0.0508. The Balaban J connectivity index is 1.80. The van der Waals surface area contributed by atoms with Crippen LogP contribution in [0.25, 0.3) is 0 Å². The van der Waals surface area contributed by atoms with Crippen LogP contribution in [0.1, 0.15) is 15.9 Å². The zero-order valence-electron chi connectivity index (χ0n) is 13.2. The number of nitrogens with one attached hydrogen (secondary N) is 1. The van der Waals surface area contributed by atoms with Crippen molar-refractivity contribution in [3.63, 3.8) is 0 Å². The lowest BCUT2D eigenvalue weighted by Crippen LogP contribution is -2.16. The molecule has 26 heavy (non-hydrogen) atoms. The summed E-state index contributed by atoms with van der Waals surface area (Å²) in [5.41, 5.74) is 0.710. The summed E-state index contributed by atoms with van der Waals surface area (Å²) in [6, 6.07) is 12.8. The number of benzene rings is 2. The molecule has 7 nitrogen and oxygen atoms in total. The van der Waals surface area contributed by atoms with E-state index in [9.17, 15) is 14.9 Å². The lowest BCUT2D eigenvalue weighted by Gasteiger charge is -2.09. The van der Waals surface area contributed by atoms with Crippen molar-refractivity contribution in [3.05, 3.63) is 86.0 Å². The van der Waals surface area contributed by atoms with Crippen molar-refractivity contribution in [3.8, 4) is 0 Å². The van der Waals surface area contributed by atoms with E-state index in [-0.39, 0.29) is 16.3 Å². The molecule has 2 aromatic carbocycles. The predicted octanol–water partition coefficient (Wildman–Crippen LogP) is 4.40. The number of halogens is 2. The van der Waals surface area contributed by atoms with Crippen LogP contribution in [0.4, 0.5) is 11.5 Å². The zero-order valence-corrected chi connectivity index (χ0v) is 14.7. The topological polar surface area (TPSA) is 90.1 Å². The number of anilines is 1. The maximum Gasteiger partial charge on any atom is 0.288 e. The molecule has 1 N–H and O–H groups in total. The molecule has 0 saturated carbocycles. The number of aromatic nitrogens is 2. The number of rotatable bonds is 5. The van der Waals surface area contributed by atoms with Gasteiger partial charge in [-0.1, -0.05) is 35.3 Å². The Morgan fingerprint density at radius 3 is 2.73 bits per heavy atom. The summed E-state index contributed by atoms with van der Waals surface area (Å²) in [6.07, 6.45) is 1.55. The molecular formula is C17H12Cl2N4O3. The molecular weight excluding hydrogens is 379 g/mol. The first-order valence-electron chi connectivity index (χ1n) is 7.45. The maximum absolute atomic E-state index is 12.4. The average Bonchev–Trinajstić information content (AvgIpc) is 3.01. The average molecular weight is 391 g/mol. The molecule has 0 unspecified atom stereocenters. The molecule has 0 atom stereocenters. The van der Waals surface area contributed by atoms with E-state index in [1.807, 2.05) is 12.1 Å². The highest BCUT2D eigenvalue weighted by Gasteiger charge is 2.17. The Labute approximate surface area is 158 Å². The molecule has 0 spiro atoms. The summed E-state index contributed by atoms with van der Waals surface area (Å²) in [7, 11) is 0. The highest BCUT2D eigenvalue weighted by Crippen LogP contribution is 2.25. The van der Waals surface area contributed by atoms with Gasteiger partial charge in [-0.3, -0.25) is 14.9 Å². The lowest BCUT2D eigenvalue weighted by molar-refractivity contribution is -0.384. The van der Waals surface area contributed by atoms with Crippen LogP contribution in [0.3, 0.4) is 0 Å². The quantitative estimate of drug-likeness (QED) is 0.516. The maximum atomic E-state index is 12.4. The van der Waals surface area contributed by atoms with Gasteiger partial charge in [0.05, 0.1) is 17.7 Å². The molecule has 0 aliphatic heterocycles. The molecule has 1 amide bonds. The van der Waals surface area contributed by atoms with Crippen molar-refractivity contribution < 1.29 is 9.72 Å². The number of amides is 1. The van der Waals surface area contributed by atoms with Gasteiger partial charge in [0.2, 0.25) is 0 Å². The summed E-state index contributed by atoms with van der Waals surface area (Å²) < 4.78 is 1.59. The smallest absolute Gasteiger partial charge is 0.288 e. The van der Waals surface area contributed by atoms with E-state index in [0.29, 0.717) is 17.4 Å². The summed E-state index contributed by atoms with van der Waals surface area (Å²) in [4.78, 5) is 22.7. The second-order valence-electron chi connectivity index (χ2n) is 5.38. The van der Waals surface area contributed by atoms with Crippen LogP contribution in [0.2, 0.25) is 10.0 Å². The molecule has 0 saturated heterocycles. The zero-order chi connectivity index (χ0) is 18.7. The molecule has 1 aromatic heterocycles. The molecule has 0 bridgehead atoms. The summed E-state index contributed by atoms with van der Waals surface area (Å²) in [5, 5.41) is 18.4. The van der Waals surface area contributed by atoms with Crippen molar-refractivity contribution >= 4 is 40.6 Å². The molecule has 0 aliphatic rings. The Morgan fingerprint density at radius 2 is 2.00 bits per heavy atom. The van der Waals surface area contributed by atoms with Crippen LogP contribution in [0.5, 0.6) is 0 Å². The van der Waals surface area contributed by atoms with E-state index in [1.54, 1.807) is 29.1 Å². The summed E-state index contributed by atoms with van der Waals surface area (Å²) >= 11 is 11.7. The predicted molar refractivity (Wildman–Crippen MR) is 98.8 cm³/mol. The molecule has 0 fully saturated rings. The highest BCUT2D eigenvalue weighted by atomic mass is 35.5. The third-order valence-electron chi connectivity index (χ3n) is 3.58. The first-order valence-corrected chi connectivity index (χ1v) is 8.21.